The summed E-state index contributed by atoms with van der Waals surface area (Å²) in [6.07, 6.45) is 11.1. The molecule has 11 nitrogen and oxygen atoms in total. The molecule has 5 rings (SSSR count). The molecule has 5 heterocycles. The Bertz CT molecular complexity index is 1260. The number of hydrogen-bond donors (Lipinski definition) is 0. The minimum absolute atomic E-state index is 0.00937. The van der Waals surface area contributed by atoms with Crippen LogP contribution >= 0.6 is 0 Å². The van der Waals surface area contributed by atoms with E-state index >= 15 is 0 Å². The van der Waals surface area contributed by atoms with Crippen molar-refractivity contribution < 1.29 is 22.7 Å². The number of ether oxygens (including phenoxy) is 1. The van der Waals surface area contributed by atoms with E-state index in [1.54, 1.807) is 11.8 Å². The average molecular weight is 647 g/mol. The summed E-state index contributed by atoms with van der Waals surface area (Å²) in [5.41, 5.74) is 1.70. The maximum atomic E-state index is 13.8. The monoisotopic (exact) mass is 646 g/mol. The Kier molecular flexibility index (Phi) is 11.1. The minimum atomic E-state index is -3.37. The number of hydrogen-bond acceptors (Lipinski definition) is 8. The zero-order valence-electron chi connectivity index (χ0n) is 27.9. The molecule has 0 N–H and O–H groups in total. The quantitative estimate of drug-likeness (QED) is 0.401. The van der Waals surface area contributed by atoms with Crippen molar-refractivity contribution in [3.63, 3.8) is 0 Å². The largest absolute Gasteiger partial charge is 0.480 e. The van der Waals surface area contributed by atoms with E-state index in [9.17, 15) is 18.0 Å². The van der Waals surface area contributed by atoms with E-state index < -0.39 is 10.0 Å². The summed E-state index contributed by atoms with van der Waals surface area (Å²) < 4.78 is 35.2. The maximum Gasteiger partial charge on any atom is 0.260 e. The third-order valence-electron chi connectivity index (χ3n) is 11.4. The number of amides is 2. The molecule has 1 unspecified atom stereocenters. The van der Waals surface area contributed by atoms with Crippen molar-refractivity contribution in [2.45, 2.75) is 103 Å². The summed E-state index contributed by atoms with van der Waals surface area (Å²) >= 11 is 0. The summed E-state index contributed by atoms with van der Waals surface area (Å²) in [5, 5.41) is -0.374. The van der Waals surface area contributed by atoms with Crippen LogP contribution in [0.15, 0.2) is 6.33 Å². The number of carbonyl (C=O) groups excluding carboxylic acids is 2. The molecule has 45 heavy (non-hydrogen) atoms. The van der Waals surface area contributed by atoms with Gasteiger partial charge in [-0.15, -0.1) is 0 Å². The fourth-order valence-electron chi connectivity index (χ4n) is 8.33. The zero-order valence-corrected chi connectivity index (χ0v) is 28.7. The number of piperidine rings is 4. The van der Waals surface area contributed by atoms with Gasteiger partial charge in [-0.3, -0.25) is 9.59 Å². The Balaban J connectivity index is 1.12. The van der Waals surface area contributed by atoms with Gasteiger partial charge in [0, 0.05) is 52.2 Å². The summed E-state index contributed by atoms with van der Waals surface area (Å²) in [6, 6.07) is 0.481. The van der Waals surface area contributed by atoms with E-state index in [-0.39, 0.29) is 29.1 Å². The Hall–Kier alpha value is -2.31. The van der Waals surface area contributed by atoms with Crippen molar-refractivity contribution in [1.82, 2.24) is 29.0 Å². The Labute approximate surface area is 270 Å². The van der Waals surface area contributed by atoms with Crippen molar-refractivity contribution in [3.8, 4) is 5.75 Å². The second kappa shape index (κ2) is 14.6. The van der Waals surface area contributed by atoms with Crippen molar-refractivity contribution >= 4 is 21.8 Å². The van der Waals surface area contributed by atoms with Crippen LogP contribution in [0.5, 0.6) is 5.75 Å². The topological polar surface area (TPSA) is 116 Å². The molecule has 4 aliphatic rings. The van der Waals surface area contributed by atoms with E-state index in [1.165, 1.54) is 6.33 Å². The van der Waals surface area contributed by atoms with Gasteiger partial charge in [-0.25, -0.2) is 22.7 Å². The van der Waals surface area contributed by atoms with Gasteiger partial charge in [0.2, 0.25) is 15.9 Å². The molecule has 1 aromatic rings. The van der Waals surface area contributed by atoms with Crippen LogP contribution in [0.25, 0.3) is 0 Å². The fraction of sp³-hybridized carbons (Fsp3) is 0.818. The van der Waals surface area contributed by atoms with E-state index in [0.717, 1.165) is 88.9 Å². The predicted molar refractivity (Wildman–Crippen MR) is 173 cm³/mol. The number of aromatic nitrogens is 2. The first-order chi connectivity index (χ1) is 21.5. The van der Waals surface area contributed by atoms with Crippen molar-refractivity contribution in [2.75, 3.05) is 59.0 Å². The van der Waals surface area contributed by atoms with Crippen LogP contribution < -0.4 is 4.74 Å². The molecule has 4 fully saturated rings. The molecule has 0 aliphatic carbocycles. The number of nitrogens with zero attached hydrogens (tertiary/aromatic N) is 6. The highest BCUT2D eigenvalue weighted by molar-refractivity contribution is 7.89. The smallest absolute Gasteiger partial charge is 0.260 e. The molecule has 0 saturated carbocycles. The molecule has 0 bridgehead atoms. The lowest BCUT2D eigenvalue weighted by atomic mass is 9.63. The van der Waals surface area contributed by atoms with Crippen LogP contribution in [0.3, 0.4) is 0 Å². The molecule has 252 valence electrons. The molecular formula is C33H54N6O5S. The maximum absolute atomic E-state index is 13.8. The van der Waals surface area contributed by atoms with Gasteiger partial charge in [0.15, 0.2) is 12.4 Å². The van der Waals surface area contributed by atoms with Crippen molar-refractivity contribution in [1.29, 1.82) is 0 Å². The lowest BCUT2D eigenvalue weighted by molar-refractivity contribution is -0.135. The highest BCUT2D eigenvalue weighted by atomic mass is 32.2. The second-order valence-electron chi connectivity index (χ2n) is 13.9. The Morgan fingerprint density at radius 2 is 1.51 bits per heavy atom. The number of sulfonamides is 1. The van der Waals surface area contributed by atoms with Crippen LogP contribution in [-0.2, 0) is 19.6 Å². The van der Waals surface area contributed by atoms with Crippen LogP contribution in [0, 0.1) is 25.2 Å². The lowest BCUT2D eigenvalue weighted by Gasteiger charge is -2.53. The predicted octanol–water partition coefficient (Wildman–Crippen LogP) is 3.40. The highest BCUT2D eigenvalue weighted by Gasteiger charge is 2.48. The molecule has 2 amide bonds. The zero-order chi connectivity index (χ0) is 32.2. The molecule has 1 aromatic heterocycles. The standard InChI is InChI=1S/C33H54N6O5S/c1-5-6-7-28-22-39(45(42,43)30-10-17-36(18-11-30)27(4)40)21-14-33(28)12-19-37(20-13-33)29-8-15-38(16-9-29)31(41)23-44-32-25(2)34-24-35-26(32)3/h24,28-30H,5-23H2,1-4H3. The van der Waals surface area contributed by atoms with Gasteiger partial charge in [0.25, 0.3) is 5.91 Å². The normalized spacial score (nSPS) is 24.2. The van der Waals surface area contributed by atoms with E-state index in [2.05, 4.69) is 21.8 Å². The van der Waals surface area contributed by atoms with Gasteiger partial charge in [-0.2, -0.15) is 0 Å². The number of carbonyl (C=O) groups is 2. The third kappa shape index (κ3) is 7.64. The van der Waals surface area contributed by atoms with Gasteiger partial charge in [-0.05, 0) is 89.6 Å². The van der Waals surface area contributed by atoms with Crippen LogP contribution in [0.4, 0.5) is 0 Å². The molecule has 0 radical (unpaired) electrons. The van der Waals surface area contributed by atoms with Gasteiger partial charge >= 0.3 is 0 Å². The summed E-state index contributed by atoms with van der Waals surface area (Å²) in [5.74, 6) is 1.03. The van der Waals surface area contributed by atoms with Crippen LogP contribution in [-0.4, -0.2) is 119 Å². The second-order valence-corrected chi connectivity index (χ2v) is 16.1. The van der Waals surface area contributed by atoms with Gasteiger partial charge < -0.3 is 19.4 Å². The molecule has 4 saturated heterocycles. The first-order valence-electron chi connectivity index (χ1n) is 17.2. The summed E-state index contributed by atoms with van der Waals surface area (Å²) in [7, 11) is -3.37. The summed E-state index contributed by atoms with van der Waals surface area (Å²) in [4.78, 5) is 39.4. The molecule has 0 aromatic carbocycles. The Morgan fingerprint density at radius 3 is 2.11 bits per heavy atom. The number of rotatable bonds is 9. The van der Waals surface area contributed by atoms with Crippen molar-refractivity contribution in [2.24, 2.45) is 11.3 Å². The molecular weight excluding hydrogens is 592 g/mol. The fourth-order valence-corrected chi connectivity index (χ4v) is 10.3. The lowest BCUT2D eigenvalue weighted by Crippen LogP contribution is -2.57. The van der Waals surface area contributed by atoms with Gasteiger partial charge in [0.05, 0.1) is 16.6 Å². The SMILES string of the molecule is CCCCC1CN(S(=O)(=O)C2CCN(C(C)=O)CC2)CCC12CCN(C1CCN(C(=O)COc3c(C)ncnc3C)CC1)CC2. The third-order valence-corrected chi connectivity index (χ3v) is 13.7. The number of unbranched alkanes of at least 4 members (excludes halogenated alkanes) is 1. The average Bonchev–Trinajstić information content (AvgIpc) is 3.04. The van der Waals surface area contributed by atoms with Crippen LogP contribution in [0.2, 0.25) is 0 Å². The summed E-state index contributed by atoms with van der Waals surface area (Å²) in [6.45, 7) is 13.4. The first kappa shape index (κ1) is 34.0. The molecule has 1 atom stereocenters. The van der Waals surface area contributed by atoms with E-state index in [1.807, 2.05) is 23.1 Å². The van der Waals surface area contributed by atoms with Gasteiger partial charge in [0.1, 0.15) is 6.33 Å². The molecule has 1 spiro atoms. The first-order valence-corrected chi connectivity index (χ1v) is 18.7. The molecule has 12 heteroatoms. The van der Waals surface area contributed by atoms with Crippen LogP contribution in [0.1, 0.15) is 89.4 Å². The Morgan fingerprint density at radius 1 is 0.911 bits per heavy atom. The van der Waals surface area contributed by atoms with E-state index in [0.29, 0.717) is 56.7 Å². The van der Waals surface area contributed by atoms with Gasteiger partial charge in [-0.1, -0.05) is 19.8 Å². The highest BCUT2D eigenvalue weighted by Crippen LogP contribution is 2.48. The minimum Gasteiger partial charge on any atom is -0.480 e. The number of aryl methyl sites for hydroxylation is 2. The number of likely N-dealkylation sites (tertiary alicyclic amines) is 3. The molecule has 4 aliphatic heterocycles. The van der Waals surface area contributed by atoms with Crippen molar-refractivity contribution in [3.05, 3.63) is 17.7 Å². The van der Waals surface area contributed by atoms with E-state index in [4.69, 9.17) is 4.74 Å².